The van der Waals surface area contributed by atoms with Crippen LogP contribution >= 0.6 is 11.6 Å². The third-order valence-electron chi connectivity index (χ3n) is 10.8. The lowest BCUT2D eigenvalue weighted by molar-refractivity contribution is -0.127. The number of sulfonamides is 1. The Kier molecular flexibility index (Phi) is 13.9. The Morgan fingerprint density at radius 2 is 1.55 bits per heavy atom. The molecule has 2 aliphatic heterocycles. The van der Waals surface area contributed by atoms with Gasteiger partial charge in [0.2, 0.25) is 0 Å². The summed E-state index contributed by atoms with van der Waals surface area (Å²) in [4.78, 5) is 49.0. The standard InChI is InChI=1S/C44H53ClN6O6S/c1-5-7-21-49(22-8-6-2)44(55)41-40(45)30(3)46-51(41)35-18-20-38(42(53)47-58(56,57)37-19-17-31-13-9-10-15-33(31)26-37)39(27-35)43(54)50-28-34-16-12-11-14-32(34)25-36(50)29-48(4)23-24-52/h9-20,26-27,30,36,46,52H,5-8,21-25,28-29H2,1-4H3,(H,47,53). The maximum Gasteiger partial charge on any atom is 0.273 e. The van der Waals surface area contributed by atoms with Crippen molar-refractivity contribution in [2.75, 3.05) is 44.8 Å². The van der Waals surface area contributed by atoms with E-state index in [0.29, 0.717) is 48.7 Å². The van der Waals surface area contributed by atoms with Crippen molar-refractivity contribution in [2.24, 2.45) is 0 Å². The molecule has 0 spiro atoms. The van der Waals surface area contributed by atoms with E-state index >= 15 is 4.79 Å². The number of hydrogen-bond donors (Lipinski definition) is 3. The largest absolute Gasteiger partial charge is 0.395 e. The fraction of sp³-hybridized carbons (Fsp3) is 0.386. The summed E-state index contributed by atoms with van der Waals surface area (Å²) in [5.41, 5.74) is 5.73. The van der Waals surface area contributed by atoms with Crippen LogP contribution in [0.25, 0.3) is 10.8 Å². The molecular formula is C44H53ClN6O6S. The Labute approximate surface area is 346 Å². The van der Waals surface area contributed by atoms with Gasteiger partial charge < -0.3 is 19.8 Å². The summed E-state index contributed by atoms with van der Waals surface area (Å²) in [5.74, 6) is -1.72. The van der Waals surface area contributed by atoms with E-state index in [9.17, 15) is 23.1 Å². The Morgan fingerprint density at radius 1 is 0.879 bits per heavy atom. The molecule has 0 fully saturated rings. The summed E-state index contributed by atoms with van der Waals surface area (Å²) >= 11 is 6.89. The number of hydrazine groups is 1. The summed E-state index contributed by atoms with van der Waals surface area (Å²) in [6.45, 7) is 8.11. The molecule has 3 amide bonds. The van der Waals surface area contributed by atoms with Crippen LogP contribution in [0, 0.1) is 0 Å². The molecule has 14 heteroatoms. The molecule has 6 rings (SSSR count). The molecule has 2 aliphatic rings. The molecule has 2 unspecified atom stereocenters. The molecule has 3 N–H and O–H groups in total. The minimum absolute atomic E-state index is 0.0454. The van der Waals surface area contributed by atoms with Gasteiger partial charge in [0.05, 0.1) is 39.4 Å². The lowest BCUT2D eigenvalue weighted by Crippen LogP contribution is -2.50. The van der Waals surface area contributed by atoms with Crippen LogP contribution in [0.5, 0.6) is 0 Å². The van der Waals surface area contributed by atoms with Crippen molar-refractivity contribution in [1.29, 1.82) is 0 Å². The smallest absolute Gasteiger partial charge is 0.273 e. The number of likely N-dealkylation sites (N-methyl/N-ethyl adjacent to an activating group) is 1. The second-order valence-electron chi connectivity index (χ2n) is 15.1. The number of nitrogens with zero attached hydrogens (tertiary/aromatic N) is 4. The van der Waals surface area contributed by atoms with Crippen molar-refractivity contribution in [2.45, 2.75) is 76.4 Å². The molecule has 0 aliphatic carbocycles. The molecule has 0 saturated heterocycles. The topological polar surface area (TPSA) is 143 Å². The first-order chi connectivity index (χ1) is 27.9. The number of nitrogens with one attached hydrogen (secondary N) is 2. The molecular weight excluding hydrogens is 776 g/mol. The number of aliphatic hydroxyl groups excluding tert-OH is 1. The van der Waals surface area contributed by atoms with E-state index in [2.05, 4.69) is 24.0 Å². The Hall–Kier alpha value is -4.79. The van der Waals surface area contributed by atoms with Gasteiger partial charge in [-0.25, -0.2) is 18.6 Å². The van der Waals surface area contributed by atoms with E-state index in [4.69, 9.17) is 11.6 Å². The first kappa shape index (κ1) is 42.8. The van der Waals surface area contributed by atoms with Crippen LogP contribution in [-0.4, -0.2) is 97.9 Å². The van der Waals surface area contributed by atoms with E-state index < -0.39 is 27.9 Å². The highest BCUT2D eigenvalue weighted by Crippen LogP contribution is 2.34. The number of amides is 3. The Balaban J connectivity index is 1.43. The van der Waals surface area contributed by atoms with E-state index in [0.717, 1.165) is 42.2 Å². The average molecular weight is 829 g/mol. The fourth-order valence-corrected chi connectivity index (χ4v) is 8.79. The van der Waals surface area contributed by atoms with Gasteiger partial charge in [0, 0.05) is 38.8 Å². The normalized spacial score (nSPS) is 16.9. The van der Waals surface area contributed by atoms with Crippen LogP contribution in [0.4, 0.5) is 5.69 Å². The van der Waals surface area contributed by atoms with Crippen LogP contribution in [0.1, 0.15) is 78.3 Å². The number of carbonyl (C=O) groups is 3. The van der Waals surface area contributed by atoms with Gasteiger partial charge in [-0.05, 0) is 85.5 Å². The first-order valence-electron chi connectivity index (χ1n) is 20.0. The molecule has 0 radical (unpaired) electrons. The number of aliphatic hydroxyl groups is 1. The predicted molar refractivity (Wildman–Crippen MR) is 228 cm³/mol. The molecule has 4 aromatic carbocycles. The van der Waals surface area contributed by atoms with Crippen LogP contribution in [-0.2, 0) is 27.8 Å². The lowest BCUT2D eigenvalue weighted by Gasteiger charge is -2.39. The zero-order valence-electron chi connectivity index (χ0n) is 33.6. The molecule has 0 aromatic heterocycles. The quantitative estimate of drug-likeness (QED) is 0.123. The summed E-state index contributed by atoms with van der Waals surface area (Å²) in [6.07, 6.45) is 3.99. The van der Waals surface area contributed by atoms with Crippen molar-refractivity contribution >= 4 is 55.8 Å². The van der Waals surface area contributed by atoms with Crippen molar-refractivity contribution in [3.8, 4) is 0 Å². The SMILES string of the molecule is CCCCN(CCCC)C(=O)C1=C(Cl)C(C)NN1c1ccc(C(=O)NS(=O)(=O)c2ccc3ccccc3c2)c(C(=O)N2Cc3ccccc3CC2CN(C)CCO)c1. The number of fused-ring (bicyclic) bond motifs is 2. The van der Waals surface area contributed by atoms with Crippen molar-refractivity contribution in [3.05, 3.63) is 118 Å². The van der Waals surface area contributed by atoms with Gasteiger partial charge >= 0.3 is 0 Å². The number of unbranched alkanes of at least 4 members (excludes halogenated alkanes) is 2. The fourth-order valence-electron chi connectivity index (χ4n) is 7.57. The summed E-state index contributed by atoms with van der Waals surface area (Å²) in [6, 6.07) is 23.5. The first-order valence-corrected chi connectivity index (χ1v) is 21.8. The number of anilines is 1. The molecule has 2 heterocycles. The molecule has 2 atom stereocenters. The van der Waals surface area contributed by atoms with Crippen molar-refractivity contribution in [3.63, 3.8) is 0 Å². The third kappa shape index (κ3) is 9.40. The van der Waals surface area contributed by atoms with E-state index in [1.807, 2.05) is 60.2 Å². The van der Waals surface area contributed by atoms with Crippen LogP contribution in [0.2, 0.25) is 0 Å². The maximum absolute atomic E-state index is 15.1. The summed E-state index contributed by atoms with van der Waals surface area (Å²) in [5, 5.41) is 13.1. The number of benzene rings is 4. The minimum Gasteiger partial charge on any atom is -0.395 e. The molecule has 12 nitrogen and oxygen atoms in total. The minimum atomic E-state index is -4.38. The van der Waals surface area contributed by atoms with Crippen molar-refractivity contribution in [1.82, 2.24) is 24.8 Å². The highest BCUT2D eigenvalue weighted by atomic mass is 35.5. The second kappa shape index (κ2) is 18.9. The Morgan fingerprint density at radius 3 is 2.24 bits per heavy atom. The predicted octanol–water partition coefficient (Wildman–Crippen LogP) is 6.04. The monoisotopic (exact) mass is 828 g/mol. The zero-order valence-corrected chi connectivity index (χ0v) is 35.2. The second-order valence-corrected chi connectivity index (χ2v) is 17.2. The van der Waals surface area contributed by atoms with Gasteiger partial charge in [-0.2, -0.15) is 0 Å². The van der Waals surface area contributed by atoms with Gasteiger partial charge in [0.1, 0.15) is 5.70 Å². The van der Waals surface area contributed by atoms with Crippen LogP contribution in [0.3, 0.4) is 0 Å². The lowest BCUT2D eigenvalue weighted by atomic mass is 9.92. The average Bonchev–Trinajstić information content (AvgIpc) is 3.52. The Bertz CT molecular complexity index is 2290. The molecule has 0 saturated carbocycles. The zero-order chi connectivity index (χ0) is 41.6. The van der Waals surface area contributed by atoms with Gasteiger partial charge in [-0.15, -0.1) is 0 Å². The van der Waals surface area contributed by atoms with Crippen molar-refractivity contribution < 1.29 is 27.9 Å². The molecule has 0 bridgehead atoms. The summed E-state index contributed by atoms with van der Waals surface area (Å²) < 4.78 is 29.7. The molecule has 4 aromatic rings. The maximum atomic E-state index is 15.1. The number of carbonyl (C=O) groups excluding carboxylic acids is 3. The third-order valence-corrected chi connectivity index (χ3v) is 12.7. The van der Waals surface area contributed by atoms with Gasteiger partial charge in [-0.1, -0.05) is 92.9 Å². The van der Waals surface area contributed by atoms with Crippen LogP contribution < -0.4 is 15.2 Å². The summed E-state index contributed by atoms with van der Waals surface area (Å²) in [7, 11) is -2.51. The van der Waals surface area contributed by atoms with Gasteiger partial charge in [0.15, 0.2) is 0 Å². The number of halogens is 1. The van der Waals surface area contributed by atoms with Crippen LogP contribution in [0.15, 0.2) is 101 Å². The molecule has 308 valence electrons. The highest BCUT2D eigenvalue weighted by Gasteiger charge is 2.38. The van der Waals surface area contributed by atoms with E-state index in [1.54, 1.807) is 34.2 Å². The van der Waals surface area contributed by atoms with E-state index in [1.165, 1.54) is 24.3 Å². The number of hydrogen-bond acceptors (Lipinski definition) is 9. The van der Waals surface area contributed by atoms with Gasteiger partial charge in [0.25, 0.3) is 27.7 Å². The van der Waals surface area contributed by atoms with Gasteiger partial charge in [-0.3, -0.25) is 19.4 Å². The molecule has 58 heavy (non-hydrogen) atoms. The van der Waals surface area contributed by atoms with E-state index in [-0.39, 0.29) is 46.8 Å². The number of rotatable bonds is 16. The highest BCUT2D eigenvalue weighted by molar-refractivity contribution is 7.90.